The predicted molar refractivity (Wildman–Crippen MR) is 87.6 cm³/mol. The summed E-state index contributed by atoms with van der Waals surface area (Å²) in [6.45, 7) is 8.19. The summed E-state index contributed by atoms with van der Waals surface area (Å²) in [7, 11) is 1.70. The largest absolute Gasteiger partial charge is 0.497 e. The average molecular weight is 291 g/mol. The smallest absolute Gasteiger partial charge is 0.169 e. The lowest BCUT2D eigenvalue weighted by Crippen LogP contribution is -2.51. The molecule has 0 bridgehead atoms. The van der Waals surface area contributed by atoms with Crippen LogP contribution in [0.3, 0.4) is 0 Å². The maximum Gasteiger partial charge on any atom is 0.169 e. The first-order chi connectivity index (χ1) is 9.74. The molecule has 0 saturated carbocycles. The Bertz CT molecular complexity index is 470. The van der Waals surface area contributed by atoms with Crippen molar-refractivity contribution in [1.82, 2.24) is 10.2 Å². The molecule has 0 aromatic heterocycles. The first-order valence-corrected chi connectivity index (χ1v) is 7.18. The van der Waals surface area contributed by atoms with E-state index in [1.807, 2.05) is 18.2 Å². The molecule has 108 valence electrons. The van der Waals surface area contributed by atoms with E-state index >= 15 is 0 Å². The van der Waals surface area contributed by atoms with Crippen LogP contribution in [0.25, 0.3) is 0 Å². The molecule has 0 atom stereocenters. The zero-order valence-electron chi connectivity index (χ0n) is 11.8. The summed E-state index contributed by atoms with van der Waals surface area (Å²) in [6.07, 6.45) is 1.82. The Morgan fingerprint density at radius 2 is 2.15 bits per heavy atom. The molecular weight excluding hydrogens is 270 g/mol. The Balaban J connectivity index is 1.90. The molecule has 0 radical (unpaired) electrons. The SMILES string of the molecule is C=CCNC(=S)N1CCN(c2cccc(OC)c2)CC1. The van der Waals surface area contributed by atoms with Crippen molar-refractivity contribution in [3.8, 4) is 5.75 Å². The van der Waals surface area contributed by atoms with Crippen LogP contribution in [0.15, 0.2) is 36.9 Å². The number of methoxy groups -OCH3 is 1. The van der Waals surface area contributed by atoms with Crippen molar-refractivity contribution in [3.05, 3.63) is 36.9 Å². The van der Waals surface area contributed by atoms with Crippen LogP contribution in [0.2, 0.25) is 0 Å². The van der Waals surface area contributed by atoms with Crippen molar-refractivity contribution >= 4 is 23.0 Å². The molecule has 1 N–H and O–H groups in total. The number of nitrogens with zero attached hydrogens (tertiary/aromatic N) is 2. The molecule has 0 spiro atoms. The van der Waals surface area contributed by atoms with Crippen LogP contribution in [0.5, 0.6) is 5.75 Å². The van der Waals surface area contributed by atoms with Crippen molar-refractivity contribution in [2.45, 2.75) is 0 Å². The third-order valence-corrected chi connectivity index (χ3v) is 3.79. The number of hydrogen-bond acceptors (Lipinski definition) is 3. The Morgan fingerprint density at radius 3 is 2.80 bits per heavy atom. The number of ether oxygens (including phenoxy) is 1. The van der Waals surface area contributed by atoms with Gasteiger partial charge in [-0.2, -0.15) is 0 Å². The molecule has 1 saturated heterocycles. The van der Waals surface area contributed by atoms with Crippen LogP contribution in [0, 0.1) is 0 Å². The molecule has 1 fully saturated rings. The zero-order chi connectivity index (χ0) is 14.4. The van der Waals surface area contributed by atoms with E-state index in [9.17, 15) is 0 Å². The third kappa shape index (κ3) is 3.63. The van der Waals surface area contributed by atoms with E-state index in [1.165, 1.54) is 5.69 Å². The highest BCUT2D eigenvalue weighted by Crippen LogP contribution is 2.22. The van der Waals surface area contributed by atoms with Crippen LogP contribution in [0.4, 0.5) is 5.69 Å². The molecule has 1 aromatic rings. The maximum atomic E-state index is 5.36. The number of benzene rings is 1. The van der Waals surface area contributed by atoms with Crippen LogP contribution in [-0.2, 0) is 0 Å². The highest BCUT2D eigenvalue weighted by molar-refractivity contribution is 7.80. The monoisotopic (exact) mass is 291 g/mol. The quantitative estimate of drug-likeness (QED) is 0.675. The second kappa shape index (κ2) is 7.14. The standard InChI is InChI=1S/C15H21N3OS/c1-3-7-16-15(20)18-10-8-17(9-11-18)13-5-4-6-14(12-13)19-2/h3-6,12H,1,7-11H2,2H3,(H,16,20). The fraction of sp³-hybridized carbons (Fsp3) is 0.400. The maximum absolute atomic E-state index is 5.36. The molecular formula is C15H21N3OS. The number of hydrogen-bond donors (Lipinski definition) is 1. The molecule has 1 heterocycles. The molecule has 4 nitrogen and oxygen atoms in total. The van der Waals surface area contributed by atoms with E-state index in [1.54, 1.807) is 7.11 Å². The Hall–Kier alpha value is -1.75. The van der Waals surface area contributed by atoms with Gasteiger partial charge in [-0.1, -0.05) is 12.1 Å². The minimum atomic E-state index is 0.717. The minimum absolute atomic E-state index is 0.717. The van der Waals surface area contributed by atoms with Gasteiger partial charge in [-0.05, 0) is 24.4 Å². The zero-order valence-corrected chi connectivity index (χ0v) is 12.7. The first kappa shape index (κ1) is 14.7. The lowest BCUT2D eigenvalue weighted by Gasteiger charge is -2.37. The third-order valence-electron chi connectivity index (χ3n) is 3.38. The van der Waals surface area contributed by atoms with E-state index < -0.39 is 0 Å². The lowest BCUT2D eigenvalue weighted by molar-refractivity contribution is 0.381. The van der Waals surface area contributed by atoms with Crippen molar-refractivity contribution in [2.24, 2.45) is 0 Å². The average Bonchev–Trinajstić information content (AvgIpc) is 2.52. The van der Waals surface area contributed by atoms with E-state index in [0.29, 0.717) is 0 Å². The molecule has 1 aliphatic rings. The number of nitrogens with one attached hydrogen (secondary N) is 1. The second-order valence-corrected chi connectivity index (χ2v) is 5.04. The van der Waals surface area contributed by atoms with Crippen LogP contribution >= 0.6 is 12.2 Å². The number of rotatable bonds is 4. The summed E-state index contributed by atoms with van der Waals surface area (Å²) in [5, 5.41) is 3.99. The molecule has 0 aliphatic carbocycles. The summed E-state index contributed by atoms with van der Waals surface area (Å²) >= 11 is 5.36. The van der Waals surface area contributed by atoms with E-state index in [-0.39, 0.29) is 0 Å². The molecule has 5 heteroatoms. The van der Waals surface area contributed by atoms with Gasteiger partial charge < -0.3 is 19.9 Å². The van der Waals surface area contributed by atoms with Gasteiger partial charge in [0.2, 0.25) is 0 Å². The minimum Gasteiger partial charge on any atom is -0.497 e. The second-order valence-electron chi connectivity index (χ2n) is 4.65. The lowest BCUT2D eigenvalue weighted by atomic mass is 10.2. The summed E-state index contributed by atoms with van der Waals surface area (Å²) in [6, 6.07) is 8.18. The van der Waals surface area contributed by atoms with Gasteiger partial charge in [0.1, 0.15) is 5.75 Å². The fourth-order valence-electron chi connectivity index (χ4n) is 2.25. The van der Waals surface area contributed by atoms with Crippen molar-refractivity contribution < 1.29 is 4.74 Å². The van der Waals surface area contributed by atoms with Gasteiger partial charge in [-0.25, -0.2) is 0 Å². The highest BCUT2D eigenvalue weighted by Gasteiger charge is 2.18. The van der Waals surface area contributed by atoms with Crippen LogP contribution in [-0.4, -0.2) is 49.8 Å². The normalized spacial score (nSPS) is 14.8. The van der Waals surface area contributed by atoms with Crippen LogP contribution in [0.1, 0.15) is 0 Å². The van der Waals surface area contributed by atoms with Crippen molar-refractivity contribution in [2.75, 3.05) is 44.7 Å². The molecule has 2 rings (SSSR count). The number of anilines is 1. The van der Waals surface area contributed by atoms with Gasteiger partial charge in [0.15, 0.2) is 5.11 Å². The van der Waals surface area contributed by atoms with Gasteiger partial charge in [0, 0.05) is 44.5 Å². The summed E-state index contributed by atoms with van der Waals surface area (Å²) in [5.41, 5.74) is 1.20. The molecule has 20 heavy (non-hydrogen) atoms. The molecule has 1 aromatic carbocycles. The highest BCUT2D eigenvalue weighted by atomic mass is 32.1. The van der Waals surface area contributed by atoms with Gasteiger partial charge in [0.05, 0.1) is 7.11 Å². The van der Waals surface area contributed by atoms with E-state index in [0.717, 1.165) is 43.6 Å². The van der Waals surface area contributed by atoms with Crippen LogP contribution < -0.4 is 15.0 Å². The number of thiocarbonyl (C=S) groups is 1. The van der Waals surface area contributed by atoms with Gasteiger partial charge in [-0.3, -0.25) is 0 Å². The molecule has 0 amide bonds. The van der Waals surface area contributed by atoms with E-state index in [4.69, 9.17) is 17.0 Å². The number of piperazine rings is 1. The van der Waals surface area contributed by atoms with Gasteiger partial charge in [0.25, 0.3) is 0 Å². The van der Waals surface area contributed by atoms with Crippen molar-refractivity contribution in [1.29, 1.82) is 0 Å². The van der Waals surface area contributed by atoms with Crippen molar-refractivity contribution in [3.63, 3.8) is 0 Å². The van der Waals surface area contributed by atoms with Gasteiger partial charge >= 0.3 is 0 Å². The fourth-order valence-corrected chi connectivity index (χ4v) is 2.51. The summed E-state index contributed by atoms with van der Waals surface area (Å²) < 4.78 is 5.27. The predicted octanol–water partition coefficient (Wildman–Crippen LogP) is 1.88. The topological polar surface area (TPSA) is 27.7 Å². The molecule has 1 aliphatic heterocycles. The Morgan fingerprint density at radius 1 is 1.40 bits per heavy atom. The van der Waals surface area contributed by atoms with Gasteiger partial charge in [-0.15, -0.1) is 6.58 Å². The Kier molecular flexibility index (Phi) is 5.24. The summed E-state index contributed by atoms with van der Waals surface area (Å²) in [4.78, 5) is 4.56. The first-order valence-electron chi connectivity index (χ1n) is 6.77. The molecule has 0 unspecified atom stereocenters. The summed E-state index contributed by atoms with van der Waals surface area (Å²) in [5.74, 6) is 0.896. The van der Waals surface area contributed by atoms with E-state index in [2.05, 4.69) is 33.8 Å². The Labute approximate surface area is 126 Å².